The Labute approximate surface area is 99.2 Å². The van der Waals surface area contributed by atoms with Gasteiger partial charge in [0, 0.05) is 11.1 Å². The molecule has 15 heavy (non-hydrogen) atoms. The average Bonchev–Trinajstić information content (AvgIpc) is 2.27. The molecule has 1 heterocycles. The van der Waals surface area contributed by atoms with Gasteiger partial charge in [-0.2, -0.15) is 0 Å². The van der Waals surface area contributed by atoms with Crippen LogP contribution in [0.2, 0.25) is 0 Å². The van der Waals surface area contributed by atoms with E-state index in [1.165, 1.54) is 12.2 Å². The summed E-state index contributed by atoms with van der Waals surface area (Å²) >= 11 is 11.0. The van der Waals surface area contributed by atoms with Crippen LogP contribution in [0.5, 0.6) is 0 Å². The lowest BCUT2D eigenvalue weighted by molar-refractivity contribution is -0.110. The fraction of sp³-hybridized carbons (Fsp3) is 0.364. The van der Waals surface area contributed by atoms with E-state index in [2.05, 4.69) is 0 Å². The molecule has 0 aromatic heterocycles. The van der Waals surface area contributed by atoms with Crippen molar-refractivity contribution in [2.24, 2.45) is 0 Å². The summed E-state index contributed by atoms with van der Waals surface area (Å²) in [6.45, 7) is 0. The Morgan fingerprint density at radius 2 is 2.40 bits per heavy atom. The molecule has 0 aromatic rings. The fourth-order valence-corrected chi connectivity index (χ4v) is 1.32. The summed E-state index contributed by atoms with van der Waals surface area (Å²) in [5, 5.41) is 0.343. The molecule has 1 aliphatic heterocycles. The second-order valence-electron chi connectivity index (χ2n) is 3.11. The minimum atomic E-state index is -0.168. The Morgan fingerprint density at radius 1 is 1.60 bits per heavy atom. The van der Waals surface area contributed by atoms with Gasteiger partial charge in [0.2, 0.25) is 0 Å². The van der Waals surface area contributed by atoms with Crippen LogP contribution in [-0.2, 0) is 9.53 Å². The van der Waals surface area contributed by atoms with E-state index in [1.807, 2.05) is 6.08 Å². The Balaban J connectivity index is 2.43. The predicted molar refractivity (Wildman–Crippen MR) is 62.1 cm³/mol. The number of hydrogen-bond donors (Lipinski definition) is 0. The Kier molecular flexibility index (Phi) is 5.51. The highest BCUT2D eigenvalue weighted by Crippen LogP contribution is 2.11. The molecule has 1 aliphatic rings. The maximum atomic E-state index is 11.3. The molecule has 0 aromatic carbocycles. The van der Waals surface area contributed by atoms with Gasteiger partial charge in [0.15, 0.2) is 5.78 Å². The molecule has 0 N–H and O–H groups in total. The molecule has 0 radical (unpaired) electrons. The standard InChI is InChI=1S/C11H12Cl2O2/c12-8-9(13)7-10(14)4-5-11-3-1-2-6-15-11/h2,4-7,11H,1,3,8H2. The highest BCUT2D eigenvalue weighted by atomic mass is 35.5. The van der Waals surface area contributed by atoms with E-state index in [1.54, 1.807) is 12.3 Å². The van der Waals surface area contributed by atoms with E-state index in [0.29, 0.717) is 5.03 Å². The first-order valence-electron chi connectivity index (χ1n) is 4.67. The number of alkyl halides is 1. The van der Waals surface area contributed by atoms with Crippen molar-refractivity contribution < 1.29 is 9.53 Å². The molecular formula is C11H12Cl2O2. The SMILES string of the molecule is O=C(C=CC1CCC=CO1)C=C(Cl)CCl. The van der Waals surface area contributed by atoms with Crippen molar-refractivity contribution in [3.8, 4) is 0 Å². The smallest absolute Gasteiger partial charge is 0.179 e. The van der Waals surface area contributed by atoms with Crippen LogP contribution in [0.1, 0.15) is 12.8 Å². The Morgan fingerprint density at radius 3 is 3.00 bits per heavy atom. The zero-order chi connectivity index (χ0) is 11.1. The molecular weight excluding hydrogens is 235 g/mol. The maximum absolute atomic E-state index is 11.3. The fourth-order valence-electron chi connectivity index (χ4n) is 1.14. The third-order valence-corrected chi connectivity index (χ3v) is 2.54. The van der Waals surface area contributed by atoms with Gasteiger partial charge in [0.05, 0.1) is 12.1 Å². The van der Waals surface area contributed by atoms with Crippen LogP contribution in [-0.4, -0.2) is 17.8 Å². The van der Waals surface area contributed by atoms with Gasteiger partial charge in [0.25, 0.3) is 0 Å². The van der Waals surface area contributed by atoms with Crippen molar-refractivity contribution in [2.45, 2.75) is 18.9 Å². The molecule has 82 valence electrons. The monoisotopic (exact) mass is 246 g/mol. The summed E-state index contributed by atoms with van der Waals surface area (Å²) in [6, 6.07) is 0. The number of carbonyl (C=O) groups excluding carboxylic acids is 1. The normalized spacial score (nSPS) is 21.7. The number of carbonyl (C=O) groups is 1. The topological polar surface area (TPSA) is 26.3 Å². The molecule has 1 atom stereocenters. The molecule has 0 saturated carbocycles. The molecule has 1 rings (SSSR count). The lowest BCUT2D eigenvalue weighted by Crippen LogP contribution is -2.09. The lowest BCUT2D eigenvalue weighted by atomic mass is 10.1. The van der Waals surface area contributed by atoms with E-state index in [9.17, 15) is 4.79 Å². The largest absolute Gasteiger partial charge is 0.494 e. The summed E-state index contributed by atoms with van der Waals surface area (Å²) in [4.78, 5) is 11.3. The van der Waals surface area contributed by atoms with Gasteiger partial charge in [0.1, 0.15) is 6.10 Å². The molecule has 0 fully saturated rings. The number of hydrogen-bond acceptors (Lipinski definition) is 2. The third-order valence-electron chi connectivity index (χ3n) is 1.87. The van der Waals surface area contributed by atoms with Gasteiger partial charge >= 0.3 is 0 Å². The summed E-state index contributed by atoms with van der Waals surface area (Å²) in [6.07, 6.45) is 9.97. The highest BCUT2D eigenvalue weighted by Gasteiger charge is 2.06. The van der Waals surface area contributed by atoms with E-state index >= 15 is 0 Å². The molecule has 4 heteroatoms. The lowest BCUT2D eigenvalue weighted by Gasteiger charge is -2.14. The van der Waals surface area contributed by atoms with Crippen molar-refractivity contribution in [1.29, 1.82) is 0 Å². The predicted octanol–water partition coefficient (Wildman–Crippen LogP) is 3.17. The molecule has 0 bridgehead atoms. The van der Waals surface area contributed by atoms with Crippen LogP contribution in [0, 0.1) is 0 Å². The van der Waals surface area contributed by atoms with Crippen molar-refractivity contribution >= 4 is 29.0 Å². The van der Waals surface area contributed by atoms with Gasteiger partial charge in [-0.1, -0.05) is 11.6 Å². The van der Waals surface area contributed by atoms with Crippen LogP contribution in [0.15, 0.2) is 35.6 Å². The van der Waals surface area contributed by atoms with Gasteiger partial charge in [-0.3, -0.25) is 4.79 Å². The second kappa shape index (κ2) is 6.70. The van der Waals surface area contributed by atoms with E-state index in [4.69, 9.17) is 27.9 Å². The summed E-state index contributed by atoms with van der Waals surface area (Å²) in [5.74, 6) is -0.0112. The van der Waals surface area contributed by atoms with E-state index in [0.717, 1.165) is 12.8 Å². The molecule has 1 unspecified atom stereocenters. The highest BCUT2D eigenvalue weighted by molar-refractivity contribution is 6.37. The third kappa shape index (κ3) is 5.05. The van der Waals surface area contributed by atoms with Gasteiger partial charge < -0.3 is 4.74 Å². The average molecular weight is 247 g/mol. The van der Waals surface area contributed by atoms with Gasteiger partial charge in [-0.15, -0.1) is 11.6 Å². The zero-order valence-corrected chi connectivity index (χ0v) is 9.67. The van der Waals surface area contributed by atoms with Gasteiger partial charge in [-0.25, -0.2) is 0 Å². The number of rotatable bonds is 4. The van der Waals surface area contributed by atoms with Crippen molar-refractivity contribution in [1.82, 2.24) is 0 Å². The molecule has 2 nitrogen and oxygen atoms in total. The molecule has 0 amide bonds. The van der Waals surface area contributed by atoms with Crippen LogP contribution in [0.3, 0.4) is 0 Å². The Bertz CT molecular complexity index is 306. The van der Waals surface area contributed by atoms with Gasteiger partial charge in [-0.05, 0) is 31.1 Å². The molecule has 0 spiro atoms. The van der Waals surface area contributed by atoms with Crippen molar-refractivity contribution in [2.75, 3.05) is 5.88 Å². The summed E-state index contributed by atoms with van der Waals surface area (Å²) in [5.41, 5.74) is 0. The summed E-state index contributed by atoms with van der Waals surface area (Å²) in [7, 11) is 0. The minimum absolute atomic E-state index is 0.0119. The van der Waals surface area contributed by atoms with Crippen LogP contribution in [0.4, 0.5) is 0 Å². The van der Waals surface area contributed by atoms with E-state index in [-0.39, 0.29) is 17.8 Å². The van der Waals surface area contributed by atoms with E-state index < -0.39 is 0 Å². The molecule has 0 saturated heterocycles. The van der Waals surface area contributed by atoms with Crippen molar-refractivity contribution in [3.05, 3.63) is 35.6 Å². The molecule has 0 aliphatic carbocycles. The number of ketones is 1. The summed E-state index contributed by atoms with van der Waals surface area (Å²) < 4.78 is 5.26. The van der Waals surface area contributed by atoms with Crippen molar-refractivity contribution in [3.63, 3.8) is 0 Å². The van der Waals surface area contributed by atoms with Crippen LogP contribution < -0.4 is 0 Å². The first kappa shape index (κ1) is 12.3. The quantitative estimate of drug-likeness (QED) is 0.563. The minimum Gasteiger partial charge on any atom is -0.494 e. The number of halogens is 2. The second-order valence-corrected chi connectivity index (χ2v) is 3.86. The van der Waals surface area contributed by atoms with Crippen LogP contribution >= 0.6 is 23.2 Å². The van der Waals surface area contributed by atoms with Crippen LogP contribution in [0.25, 0.3) is 0 Å². The first-order valence-corrected chi connectivity index (χ1v) is 5.58. The Hall–Kier alpha value is -0.730. The zero-order valence-electron chi connectivity index (χ0n) is 8.16. The number of allylic oxidation sites excluding steroid dienone is 4. The number of ether oxygens (including phenoxy) is 1. The first-order chi connectivity index (χ1) is 7.22. The maximum Gasteiger partial charge on any atom is 0.179 e.